The number of aliphatic hydroxyl groups is 1. The van der Waals surface area contributed by atoms with E-state index in [1.165, 1.54) is 31.6 Å². The van der Waals surface area contributed by atoms with Gasteiger partial charge in [-0.25, -0.2) is 8.78 Å². The first kappa shape index (κ1) is 21.5. The summed E-state index contributed by atoms with van der Waals surface area (Å²) >= 11 is 1.24. The number of nitrogens with zero attached hydrogens (tertiary/aromatic N) is 1. The zero-order chi connectivity index (χ0) is 23.0. The largest absolute Gasteiger partial charge is 0.506 e. The molecule has 0 saturated carbocycles. The molecule has 0 bridgehead atoms. The minimum absolute atomic E-state index is 0.0181. The van der Waals surface area contributed by atoms with E-state index >= 15 is 0 Å². The van der Waals surface area contributed by atoms with Gasteiger partial charge in [-0.2, -0.15) is 0 Å². The maximum atomic E-state index is 14.0. The van der Waals surface area contributed by atoms with E-state index in [1.54, 1.807) is 35.7 Å². The van der Waals surface area contributed by atoms with Gasteiger partial charge < -0.3 is 14.6 Å². The van der Waals surface area contributed by atoms with Gasteiger partial charge in [0.25, 0.3) is 11.7 Å². The highest BCUT2D eigenvalue weighted by atomic mass is 32.1. The molecule has 1 saturated heterocycles. The predicted octanol–water partition coefficient (Wildman–Crippen LogP) is 4.67. The van der Waals surface area contributed by atoms with Crippen LogP contribution in [0.1, 0.15) is 16.5 Å². The molecule has 4 rings (SSSR count). The third-order valence-corrected chi connectivity index (χ3v) is 6.03. The highest BCUT2D eigenvalue weighted by Crippen LogP contribution is 2.46. The molecule has 2 aromatic carbocycles. The first-order valence-corrected chi connectivity index (χ1v) is 10.3. The van der Waals surface area contributed by atoms with Crippen LogP contribution in [0.4, 0.5) is 14.5 Å². The van der Waals surface area contributed by atoms with Crippen molar-refractivity contribution in [2.24, 2.45) is 0 Å². The summed E-state index contributed by atoms with van der Waals surface area (Å²) in [7, 11) is 2.78. The van der Waals surface area contributed by atoms with Crippen molar-refractivity contribution in [3.63, 3.8) is 0 Å². The average molecular weight is 457 g/mol. The molecule has 9 heteroatoms. The summed E-state index contributed by atoms with van der Waals surface area (Å²) < 4.78 is 38.1. The number of halogens is 2. The van der Waals surface area contributed by atoms with Gasteiger partial charge in [-0.05, 0) is 35.7 Å². The number of Topliss-reactive ketones (excluding diaryl/α,β-unsaturated/α-hetero) is 1. The zero-order valence-corrected chi connectivity index (χ0v) is 17.8. The third kappa shape index (κ3) is 3.40. The summed E-state index contributed by atoms with van der Waals surface area (Å²) in [6, 6.07) is 10.0. The number of benzene rings is 2. The molecule has 0 aliphatic carbocycles. The summed E-state index contributed by atoms with van der Waals surface area (Å²) in [5.74, 6) is -4.25. The molecular formula is C23H17F2NO5S. The molecule has 1 aromatic heterocycles. The van der Waals surface area contributed by atoms with Crippen molar-refractivity contribution in [3.8, 4) is 11.5 Å². The Morgan fingerprint density at radius 1 is 1.00 bits per heavy atom. The van der Waals surface area contributed by atoms with Crippen molar-refractivity contribution < 1.29 is 33.0 Å². The van der Waals surface area contributed by atoms with Gasteiger partial charge in [0, 0.05) is 16.6 Å². The van der Waals surface area contributed by atoms with Crippen LogP contribution < -0.4 is 14.4 Å². The van der Waals surface area contributed by atoms with E-state index in [0.717, 1.165) is 17.0 Å². The quantitative estimate of drug-likeness (QED) is 0.342. The molecule has 6 nitrogen and oxygen atoms in total. The van der Waals surface area contributed by atoms with Gasteiger partial charge in [0.05, 0.1) is 19.8 Å². The Hall–Kier alpha value is -3.72. The number of aliphatic hydroxyl groups excluding tert-OH is 1. The van der Waals surface area contributed by atoms with Gasteiger partial charge in [-0.15, -0.1) is 11.3 Å². The van der Waals surface area contributed by atoms with Gasteiger partial charge in [-0.3, -0.25) is 14.5 Å². The van der Waals surface area contributed by atoms with E-state index in [0.29, 0.717) is 4.88 Å². The highest BCUT2D eigenvalue weighted by Gasteiger charge is 2.48. The normalized spacial score (nSPS) is 17.6. The molecule has 0 spiro atoms. The van der Waals surface area contributed by atoms with Crippen LogP contribution in [0.5, 0.6) is 11.5 Å². The van der Waals surface area contributed by atoms with E-state index < -0.39 is 35.1 Å². The van der Waals surface area contributed by atoms with Gasteiger partial charge in [-0.1, -0.05) is 12.1 Å². The number of carbonyl (C=O) groups is 2. The van der Waals surface area contributed by atoms with Crippen molar-refractivity contribution in [2.45, 2.75) is 6.04 Å². The molecule has 0 radical (unpaired) electrons. The van der Waals surface area contributed by atoms with Gasteiger partial charge >= 0.3 is 0 Å². The number of rotatable bonds is 5. The number of methoxy groups -OCH3 is 2. The fourth-order valence-corrected chi connectivity index (χ4v) is 4.49. The molecule has 1 N–H and O–H groups in total. The first-order valence-electron chi connectivity index (χ1n) is 9.39. The number of carbonyl (C=O) groups excluding carboxylic acids is 2. The number of ether oxygens (including phenoxy) is 2. The minimum Gasteiger partial charge on any atom is -0.506 e. The molecule has 1 aliphatic rings. The summed E-state index contributed by atoms with van der Waals surface area (Å²) in [6.45, 7) is 0. The summed E-state index contributed by atoms with van der Waals surface area (Å²) in [4.78, 5) is 27.7. The molecule has 1 unspecified atom stereocenters. The Morgan fingerprint density at radius 3 is 2.25 bits per heavy atom. The Labute approximate surface area is 185 Å². The molecule has 32 heavy (non-hydrogen) atoms. The van der Waals surface area contributed by atoms with E-state index in [2.05, 4.69) is 0 Å². The Kier molecular flexibility index (Phi) is 5.67. The third-order valence-electron chi connectivity index (χ3n) is 5.10. The van der Waals surface area contributed by atoms with Gasteiger partial charge in [0.1, 0.15) is 28.9 Å². The predicted molar refractivity (Wildman–Crippen MR) is 115 cm³/mol. The molecule has 1 amide bonds. The van der Waals surface area contributed by atoms with Crippen LogP contribution in [0.25, 0.3) is 5.76 Å². The lowest BCUT2D eigenvalue weighted by atomic mass is 9.98. The van der Waals surface area contributed by atoms with Crippen LogP contribution in [0, 0.1) is 11.6 Å². The molecule has 1 aliphatic heterocycles. The van der Waals surface area contributed by atoms with Crippen LogP contribution >= 0.6 is 11.3 Å². The van der Waals surface area contributed by atoms with Crippen molar-refractivity contribution in [3.05, 3.63) is 81.6 Å². The number of anilines is 1. The highest BCUT2D eigenvalue weighted by molar-refractivity contribution is 7.10. The van der Waals surface area contributed by atoms with E-state index in [4.69, 9.17) is 9.47 Å². The maximum absolute atomic E-state index is 14.0. The number of hydrogen-bond donors (Lipinski definition) is 1. The van der Waals surface area contributed by atoms with Crippen LogP contribution in [0.3, 0.4) is 0 Å². The molecular weight excluding hydrogens is 440 g/mol. The Morgan fingerprint density at radius 2 is 1.69 bits per heavy atom. The molecule has 164 valence electrons. The van der Waals surface area contributed by atoms with E-state index in [1.807, 2.05) is 0 Å². The van der Waals surface area contributed by atoms with E-state index in [-0.39, 0.29) is 28.3 Å². The van der Waals surface area contributed by atoms with Crippen LogP contribution in [0.2, 0.25) is 0 Å². The minimum atomic E-state index is -1.17. The second-order valence-electron chi connectivity index (χ2n) is 6.82. The lowest BCUT2D eigenvalue weighted by molar-refractivity contribution is -0.132. The van der Waals surface area contributed by atoms with Crippen LogP contribution in [-0.2, 0) is 9.59 Å². The Bertz CT molecular complexity index is 1220. The van der Waals surface area contributed by atoms with Crippen molar-refractivity contribution in [2.75, 3.05) is 19.1 Å². The lowest BCUT2D eigenvalue weighted by Crippen LogP contribution is -2.29. The maximum Gasteiger partial charge on any atom is 0.300 e. The summed E-state index contributed by atoms with van der Waals surface area (Å²) in [6.07, 6.45) is 0. The number of ketones is 1. The van der Waals surface area contributed by atoms with Gasteiger partial charge in [0.15, 0.2) is 11.6 Å². The smallest absolute Gasteiger partial charge is 0.300 e. The molecule has 2 heterocycles. The zero-order valence-electron chi connectivity index (χ0n) is 17.0. The van der Waals surface area contributed by atoms with Crippen LogP contribution in [0.15, 0.2) is 59.5 Å². The van der Waals surface area contributed by atoms with Crippen molar-refractivity contribution in [1.29, 1.82) is 0 Å². The number of hydrogen-bond acceptors (Lipinski definition) is 6. The topological polar surface area (TPSA) is 76.1 Å². The first-order chi connectivity index (χ1) is 15.4. The Balaban J connectivity index is 1.99. The monoisotopic (exact) mass is 457 g/mol. The number of amides is 1. The summed E-state index contributed by atoms with van der Waals surface area (Å²) in [5, 5.41) is 13.0. The lowest BCUT2D eigenvalue weighted by Gasteiger charge is -2.24. The van der Waals surface area contributed by atoms with E-state index in [9.17, 15) is 23.5 Å². The molecule has 1 fully saturated rings. The van der Waals surface area contributed by atoms with Crippen molar-refractivity contribution in [1.82, 2.24) is 0 Å². The fourth-order valence-electron chi connectivity index (χ4n) is 3.67. The van der Waals surface area contributed by atoms with Crippen molar-refractivity contribution >= 4 is 34.5 Å². The second-order valence-corrected chi connectivity index (χ2v) is 7.80. The fraction of sp³-hybridized carbons (Fsp3) is 0.130. The van der Waals surface area contributed by atoms with Crippen LogP contribution in [-0.4, -0.2) is 31.0 Å². The standard InChI is InChI=1S/C23H17F2NO5S/c1-30-15-5-3-6-16(31-2)18(15)21(27)19-20(17-7-4-10-32-17)26(23(29)22(19)28)12-8-9-13(24)14(25)11-12/h3-11,20,27H,1-2H3/b21-19+. The van der Waals surface area contributed by atoms with Gasteiger partial charge in [0.2, 0.25) is 0 Å². The SMILES string of the molecule is COc1cccc(OC)c1/C(O)=C1\C(=O)C(=O)N(c2ccc(F)c(F)c2)C1c1cccs1. The molecule has 1 atom stereocenters. The molecule has 3 aromatic rings. The average Bonchev–Trinajstić information content (AvgIpc) is 3.41. The summed E-state index contributed by atoms with van der Waals surface area (Å²) in [5.41, 5.74) is -0.136. The second kappa shape index (κ2) is 8.43. The number of thiophene rings is 1.